The Kier molecular flexibility index (Phi) is 7.06. The van der Waals surface area contributed by atoms with E-state index in [2.05, 4.69) is 74.9 Å². The fourth-order valence-corrected chi connectivity index (χ4v) is 4.70. The second kappa shape index (κ2) is 9.51. The Morgan fingerprint density at radius 2 is 1.71 bits per heavy atom. The van der Waals surface area contributed by atoms with Gasteiger partial charge >= 0.3 is 0 Å². The average Bonchev–Trinajstić information content (AvgIpc) is 2.67. The Morgan fingerprint density at radius 3 is 2.43 bits per heavy atom. The second-order valence-corrected chi connectivity index (χ2v) is 9.20. The van der Waals surface area contributed by atoms with Crippen molar-refractivity contribution in [1.29, 1.82) is 0 Å². The zero-order valence-electron chi connectivity index (χ0n) is 18.1. The van der Waals surface area contributed by atoms with E-state index in [-0.39, 0.29) is 0 Å². The van der Waals surface area contributed by atoms with Gasteiger partial charge in [0.2, 0.25) is 5.36 Å². The third kappa shape index (κ3) is 4.91. The minimum absolute atomic E-state index is 1.09. The highest BCUT2D eigenvalue weighted by atomic mass is 32.1. The van der Waals surface area contributed by atoms with Gasteiger partial charge in [0, 0.05) is 31.4 Å². The zero-order valence-corrected chi connectivity index (χ0v) is 18.9. The lowest BCUT2D eigenvalue weighted by atomic mass is 10.0. The SMILES string of the molecule is CCCCCCCCc1cc2nc3ccc(N(C)C)cc3sc-2cc1=[N+](C)C. The molecule has 0 saturated carbocycles. The van der Waals surface area contributed by atoms with E-state index in [1.165, 1.54) is 64.7 Å². The number of aromatic nitrogens is 1. The largest absolute Gasteiger partial charge is 0.378 e. The molecular weight excluding hydrogens is 362 g/mol. The molecule has 0 aromatic heterocycles. The van der Waals surface area contributed by atoms with Crippen molar-refractivity contribution in [1.82, 2.24) is 9.56 Å². The molecule has 0 radical (unpaired) electrons. The van der Waals surface area contributed by atoms with Crippen LogP contribution in [0, 0.1) is 0 Å². The highest BCUT2D eigenvalue weighted by Gasteiger charge is 2.14. The van der Waals surface area contributed by atoms with Gasteiger partial charge in [-0.15, -0.1) is 11.3 Å². The Labute approximate surface area is 173 Å². The topological polar surface area (TPSA) is 19.1 Å². The maximum Gasteiger partial charge on any atom is 0.204 e. The van der Waals surface area contributed by atoms with Gasteiger partial charge < -0.3 is 4.90 Å². The summed E-state index contributed by atoms with van der Waals surface area (Å²) in [5.41, 5.74) is 4.86. The number of fused-ring (bicyclic) bond motifs is 2. The maximum absolute atomic E-state index is 4.98. The van der Waals surface area contributed by atoms with Crippen molar-refractivity contribution >= 4 is 27.2 Å². The Bertz CT molecular complexity index is 967. The van der Waals surface area contributed by atoms with Crippen LogP contribution in [0.2, 0.25) is 0 Å². The van der Waals surface area contributed by atoms with Crippen LogP contribution in [0.15, 0.2) is 30.3 Å². The van der Waals surface area contributed by atoms with Crippen LogP contribution >= 0.6 is 11.3 Å². The van der Waals surface area contributed by atoms with E-state index in [1.807, 2.05) is 11.3 Å². The predicted molar refractivity (Wildman–Crippen MR) is 125 cm³/mol. The van der Waals surface area contributed by atoms with Crippen LogP contribution in [0.1, 0.15) is 51.0 Å². The Balaban J connectivity index is 1.93. The average molecular weight is 397 g/mol. The van der Waals surface area contributed by atoms with Gasteiger partial charge in [0.15, 0.2) is 0 Å². The molecule has 0 amide bonds. The van der Waals surface area contributed by atoms with E-state index in [0.29, 0.717) is 0 Å². The molecule has 28 heavy (non-hydrogen) atoms. The molecule has 3 rings (SSSR count). The summed E-state index contributed by atoms with van der Waals surface area (Å²) in [6.45, 7) is 2.28. The molecule has 150 valence electrons. The van der Waals surface area contributed by atoms with E-state index in [9.17, 15) is 0 Å². The van der Waals surface area contributed by atoms with Crippen LogP contribution in [-0.2, 0) is 6.42 Å². The summed E-state index contributed by atoms with van der Waals surface area (Å²) in [5.74, 6) is 0. The lowest BCUT2D eigenvalue weighted by Crippen LogP contribution is -2.26. The van der Waals surface area contributed by atoms with E-state index in [1.54, 1.807) is 0 Å². The fraction of sp³-hybridized carbons (Fsp3) is 0.500. The molecule has 0 N–H and O–H groups in total. The zero-order chi connectivity index (χ0) is 20.1. The molecule has 2 aliphatic rings. The normalized spacial score (nSPS) is 11.3. The molecular formula is C24H34N3S+. The molecule has 1 aromatic rings. The molecule has 1 aliphatic heterocycles. The van der Waals surface area contributed by atoms with Crippen LogP contribution in [0.5, 0.6) is 0 Å². The molecule has 3 nitrogen and oxygen atoms in total. The van der Waals surface area contributed by atoms with Gasteiger partial charge in [-0.1, -0.05) is 39.0 Å². The van der Waals surface area contributed by atoms with Gasteiger partial charge in [-0.05, 0) is 37.1 Å². The van der Waals surface area contributed by atoms with Gasteiger partial charge in [0.1, 0.15) is 14.1 Å². The number of unbranched alkanes of at least 4 members (excludes halogenated alkanes) is 5. The quantitative estimate of drug-likeness (QED) is 0.288. The molecule has 0 spiro atoms. The smallest absolute Gasteiger partial charge is 0.204 e. The van der Waals surface area contributed by atoms with Crippen molar-refractivity contribution in [3.63, 3.8) is 0 Å². The van der Waals surface area contributed by atoms with E-state index >= 15 is 0 Å². The number of aryl methyl sites for hydroxylation is 1. The summed E-state index contributed by atoms with van der Waals surface area (Å²) in [7, 11) is 8.46. The van der Waals surface area contributed by atoms with Gasteiger partial charge in [-0.2, -0.15) is 0 Å². The molecule has 0 bridgehead atoms. The molecule has 0 atom stereocenters. The first-order valence-electron chi connectivity index (χ1n) is 10.5. The van der Waals surface area contributed by atoms with Crippen molar-refractivity contribution in [2.24, 2.45) is 0 Å². The first-order valence-corrected chi connectivity index (χ1v) is 11.4. The second-order valence-electron chi connectivity index (χ2n) is 8.12. The summed E-state index contributed by atoms with van der Waals surface area (Å²) < 4.78 is 3.49. The first-order chi connectivity index (χ1) is 13.5. The highest BCUT2D eigenvalue weighted by Crippen LogP contribution is 2.32. The number of rotatable bonds is 8. The first kappa shape index (κ1) is 20.8. The van der Waals surface area contributed by atoms with Crippen LogP contribution in [-0.4, -0.2) is 33.2 Å². The maximum atomic E-state index is 4.98. The molecule has 0 saturated heterocycles. The fourth-order valence-electron chi connectivity index (χ4n) is 3.69. The Morgan fingerprint density at radius 1 is 0.964 bits per heavy atom. The summed E-state index contributed by atoms with van der Waals surface area (Å²) >= 11 is 1.84. The molecule has 0 fully saturated rings. The minimum atomic E-state index is 1.09. The summed E-state index contributed by atoms with van der Waals surface area (Å²) in [5, 5.41) is 1.34. The Hall–Kier alpha value is -1.94. The molecule has 1 aromatic carbocycles. The van der Waals surface area contributed by atoms with Gasteiger partial charge in [-0.25, -0.2) is 9.56 Å². The lowest BCUT2D eigenvalue weighted by Gasteiger charge is -2.14. The number of anilines is 1. The number of nitrogens with zero attached hydrogens (tertiary/aromatic N) is 3. The highest BCUT2D eigenvalue weighted by molar-refractivity contribution is 7.21. The van der Waals surface area contributed by atoms with Gasteiger partial charge in [-0.3, -0.25) is 0 Å². The van der Waals surface area contributed by atoms with Gasteiger partial charge in [0.25, 0.3) is 0 Å². The van der Waals surface area contributed by atoms with Crippen LogP contribution in [0.25, 0.3) is 20.8 Å². The van der Waals surface area contributed by atoms with Crippen molar-refractivity contribution in [3.05, 3.63) is 41.3 Å². The molecule has 1 heterocycles. The van der Waals surface area contributed by atoms with E-state index in [4.69, 9.17) is 4.98 Å². The molecule has 1 aliphatic carbocycles. The number of hydrogen-bond donors (Lipinski definition) is 0. The van der Waals surface area contributed by atoms with Gasteiger partial charge in [0.05, 0.1) is 20.8 Å². The molecule has 4 heteroatoms. The van der Waals surface area contributed by atoms with E-state index < -0.39 is 0 Å². The van der Waals surface area contributed by atoms with E-state index in [0.717, 1.165) is 17.6 Å². The molecule has 0 unspecified atom stereocenters. The number of benzene rings is 2. The minimum Gasteiger partial charge on any atom is -0.378 e. The van der Waals surface area contributed by atoms with Crippen molar-refractivity contribution in [3.8, 4) is 10.6 Å². The van der Waals surface area contributed by atoms with Crippen molar-refractivity contribution < 1.29 is 0 Å². The predicted octanol–water partition coefficient (Wildman–Crippen LogP) is 5.40. The summed E-state index contributed by atoms with van der Waals surface area (Å²) in [4.78, 5) is 8.39. The van der Waals surface area contributed by atoms with Crippen LogP contribution in [0.4, 0.5) is 5.69 Å². The van der Waals surface area contributed by atoms with Crippen LogP contribution in [0.3, 0.4) is 0 Å². The monoisotopic (exact) mass is 396 g/mol. The summed E-state index contributed by atoms with van der Waals surface area (Å²) in [6.07, 6.45) is 9.14. The number of hydrogen-bond acceptors (Lipinski definition) is 3. The van der Waals surface area contributed by atoms with Crippen LogP contribution < -0.4 is 14.8 Å². The van der Waals surface area contributed by atoms with Crippen molar-refractivity contribution in [2.45, 2.75) is 51.9 Å². The van der Waals surface area contributed by atoms with Crippen molar-refractivity contribution in [2.75, 3.05) is 33.1 Å². The third-order valence-electron chi connectivity index (χ3n) is 5.36. The third-order valence-corrected chi connectivity index (χ3v) is 6.46. The summed E-state index contributed by atoms with van der Waals surface area (Å²) in [6, 6.07) is 11.2. The lowest BCUT2D eigenvalue weighted by molar-refractivity contribution is 0.605. The standard InChI is InChI=1S/C24H34N3S/c1-6-7-8-9-10-11-12-18-15-21-24(17-22(18)27(4)5)28-23-16-19(26(2)3)13-14-20(23)25-21/h13-17H,6-12H2,1-5H3/q+1.